The second-order valence-electron chi connectivity index (χ2n) is 7.51. The Morgan fingerprint density at radius 3 is 1.75 bits per heavy atom. The minimum atomic E-state index is -3.83. The first-order valence-corrected chi connectivity index (χ1v) is 16.1. The second kappa shape index (κ2) is 18.5. The van der Waals surface area contributed by atoms with Crippen molar-refractivity contribution in [2.24, 2.45) is 5.41 Å². The Bertz CT molecular complexity index is 503. The lowest BCUT2D eigenvalue weighted by Crippen LogP contribution is -2.33. The smallest absolute Gasteiger partial charge is 0.312 e. The molecule has 0 rings (SSSR count). The van der Waals surface area contributed by atoms with Crippen molar-refractivity contribution in [3.05, 3.63) is 0 Å². The molecule has 0 spiro atoms. The minimum absolute atomic E-state index is 0.0274. The zero-order valence-electron chi connectivity index (χ0n) is 19.1. The SMILES string of the molecule is CCC(CBr)(COP(OCC(C)Cl)OCC(C)Cl)COP(=O)(OCC(C)Cl)OCC(C)Br. The fourth-order valence-corrected chi connectivity index (χ4v) is 6.03. The van der Waals surface area contributed by atoms with Gasteiger partial charge in [-0.15, -0.1) is 34.8 Å². The normalized spacial score (nSPS) is 20.7. The van der Waals surface area contributed by atoms with Crippen molar-refractivity contribution in [2.75, 3.05) is 45.0 Å². The van der Waals surface area contributed by atoms with Crippen LogP contribution >= 0.6 is 83.1 Å². The molecular formula is C18H35Br2Cl3O7P2. The molecule has 0 heterocycles. The first-order chi connectivity index (χ1) is 14.9. The van der Waals surface area contributed by atoms with Gasteiger partial charge in [-0.1, -0.05) is 45.7 Å². The lowest BCUT2D eigenvalue weighted by molar-refractivity contribution is 0.0430. The summed E-state index contributed by atoms with van der Waals surface area (Å²) in [6.07, 6.45) is 0.653. The molecule has 0 saturated heterocycles. The third kappa shape index (κ3) is 16.8. The number of hydrogen-bond donors (Lipinski definition) is 0. The standard InChI is InChI=1S/C18H35Br2Cl3O7P2/c1-6-18(11-19,12-27-31(25-8-15(3)21)26-9-16(4)22)13-30-32(24,28-7-14(2)20)29-10-17(5)23/h14-17H,6-13H2,1-5H3. The van der Waals surface area contributed by atoms with Gasteiger partial charge in [0.15, 0.2) is 0 Å². The van der Waals surface area contributed by atoms with E-state index in [1.54, 1.807) is 6.92 Å². The Hall–Kier alpha value is 2.25. The summed E-state index contributed by atoms with van der Waals surface area (Å²) in [6.45, 7) is 10.2. The zero-order chi connectivity index (χ0) is 24.8. The highest BCUT2D eigenvalue weighted by Gasteiger charge is 2.36. The predicted molar refractivity (Wildman–Crippen MR) is 141 cm³/mol. The van der Waals surface area contributed by atoms with Gasteiger partial charge in [-0.25, -0.2) is 4.57 Å². The minimum Gasteiger partial charge on any atom is -0.312 e. The summed E-state index contributed by atoms with van der Waals surface area (Å²) < 4.78 is 47.0. The molecule has 0 aromatic heterocycles. The maximum absolute atomic E-state index is 13.1. The molecule has 32 heavy (non-hydrogen) atoms. The van der Waals surface area contributed by atoms with Crippen LogP contribution in [0.15, 0.2) is 0 Å². The predicted octanol–water partition coefficient (Wildman–Crippen LogP) is 7.88. The van der Waals surface area contributed by atoms with Crippen molar-refractivity contribution in [3.8, 4) is 0 Å². The van der Waals surface area contributed by atoms with Crippen molar-refractivity contribution >= 4 is 83.1 Å². The molecule has 0 fully saturated rings. The van der Waals surface area contributed by atoms with Crippen molar-refractivity contribution in [2.45, 2.75) is 62.0 Å². The molecule has 6 atom stereocenters. The molecular weight excluding hydrogens is 656 g/mol. The summed E-state index contributed by atoms with van der Waals surface area (Å²) in [5.41, 5.74) is -0.540. The first-order valence-electron chi connectivity index (χ1n) is 10.2. The summed E-state index contributed by atoms with van der Waals surface area (Å²) in [5, 5.41) is -0.230. The monoisotopic (exact) mass is 688 g/mol. The fourth-order valence-electron chi connectivity index (χ4n) is 1.76. The maximum atomic E-state index is 13.1. The van der Waals surface area contributed by atoms with E-state index < -0.39 is 21.8 Å². The Morgan fingerprint density at radius 1 is 0.844 bits per heavy atom. The van der Waals surface area contributed by atoms with Gasteiger partial charge >= 0.3 is 16.4 Å². The number of phosphoric acid groups is 1. The summed E-state index contributed by atoms with van der Waals surface area (Å²) in [4.78, 5) is -0.0293. The van der Waals surface area contributed by atoms with E-state index in [0.29, 0.717) is 11.8 Å². The number of rotatable bonds is 20. The molecule has 0 saturated carbocycles. The molecule has 14 heteroatoms. The van der Waals surface area contributed by atoms with Crippen LogP contribution in [0.2, 0.25) is 0 Å². The van der Waals surface area contributed by atoms with Crippen LogP contribution in [0.25, 0.3) is 0 Å². The van der Waals surface area contributed by atoms with Gasteiger partial charge in [0.2, 0.25) is 0 Å². The zero-order valence-corrected chi connectivity index (χ0v) is 26.3. The molecule has 0 bridgehead atoms. The molecule has 7 nitrogen and oxygen atoms in total. The lowest BCUT2D eigenvalue weighted by atomic mass is 9.90. The maximum Gasteiger partial charge on any atom is 0.474 e. The highest BCUT2D eigenvalue weighted by atomic mass is 79.9. The molecule has 0 aromatic carbocycles. The molecule has 0 aliphatic rings. The van der Waals surface area contributed by atoms with Crippen LogP contribution in [0.5, 0.6) is 0 Å². The Balaban J connectivity index is 5.18. The van der Waals surface area contributed by atoms with Crippen molar-refractivity contribution in [1.29, 1.82) is 0 Å². The van der Waals surface area contributed by atoms with Gasteiger partial charge in [-0.05, 0) is 27.2 Å². The Labute approximate surface area is 226 Å². The van der Waals surface area contributed by atoms with Gasteiger partial charge in [0.25, 0.3) is 0 Å². The average Bonchev–Trinajstić information content (AvgIpc) is 2.72. The fraction of sp³-hybridized carbons (Fsp3) is 1.00. The highest BCUT2D eigenvalue weighted by molar-refractivity contribution is 9.09. The summed E-state index contributed by atoms with van der Waals surface area (Å²) in [6, 6.07) is 0. The van der Waals surface area contributed by atoms with Crippen LogP contribution in [0.4, 0.5) is 0 Å². The number of halogens is 5. The van der Waals surface area contributed by atoms with E-state index in [2.05, 4.69) is 31.9 Å². The average molecular weight is 692 g/mol. The van der Waals surface area contributed by atoms with Crippen LogP contribution in [-0.2, 0) is 31.7 Å². The van der Waals surface area contributed by atoms with Gasteiger partial charge in [0.05, 0.1) is 55.8 Å². The molecule has 0 aromatic rings. The summed E-state index contributed by atoms with van der Waals surface area (Å²) in [7, 11) is -5.50. The van der Waals surface area contributed by atoms with Crippen LogP contribution in [0, 0.1) is 5.41 Å². The van der Waals surface area contributed by atoms with E-state index >= 15 is 0 Å². The van der Waals surface area contributed by atoms with Gasteiger partial charge in [0, 0.05) is 15.6 Å². The summed E-state index contributed by atoms with van der Waals surface area (Å²) >= 11 is 24.8. The third-order valence-electron chi connectivity index (χ3n) is 3.78. The summed E-state index contributed by atoms with van der Waals surface area (Å²) in [5.74, 6) is 0. The van der Waals surface area contributed by atoms with E-state index in [0.717, 1.165) is 0 Å². The Morgan fingerprint density at radius 2 is 1.34 bits per heavy atom. The molecule has 0 N–H and O–H groups in total. The van der Waals surface area contributed by atoms with Gasteiger partial charge in [-0.3, -0.25) is 13.6 Å². The van der Waals surface area contributed by atoms with E-state index in [1.807, 2.05) is 27.7 Å². The van der Waals surface area contributed by atoms with Gasteiger partial charge in [-0.2, -0.15) is 0 Å². The second-order valence-corrected chi connectivity index (χ2v) is 14.8. The number of hydrogen-bond acceptors (Lipinski definition) is 7. The number of alkyl halides is 5. The molecule has 0 aliphatic carbocycles. The van der Waals surface area contributed by atoms with Gasteiger partial charge < -0.3 is 13.6 Å². The lowest BCUT2D eigenvalue weighted by Gasteiger charge is -2.32. The van der Waals surface area contributed by atoms with Crippen molar-refractivity contribution in [3.63, 3.8) is 0 Å². The van der Waals surface area contributed by atoms with Crippen LogP contribution in [-0.4, -0.2) is 65.9 Å². The van der Waals surface area contributed by atoms with Crippen LogP contribution in [0.1, 0.15) is 41.0 Å². The van der Waals surface area contributed by atoms with Crippen LogP contribution in [0.3, 0.4) is 0 Å². The van der Waals surface area contributed by atoms with E-state index in [9.17, 15) is 4.57 Å². The molecule has 6 unspecified atom stereocenters. The van der Waals surface area contributed by atoms with E-state index in [-0.39, 0.29) is 60.6 Å². The quantitative estimate of drug-likeness (QED) is 0.0951. The molecule has 194 valence electrons. The van der Waals surface area contributed by atoms with Crippen molar-refractivity contribution < 1.29 is 31.7 Å². The third-order valence-corrected chi connectivity index (χ3v) is 8.05. The van der Waals surface area contributed by atoms with E-state index in [1.165, 1.54) is 0 Å². The van der Waals surface area contributed by atoms with Crippen molar-refractivity contribution in [1.82, 2.24) is 0 Å². The molecule has 0 radical (unpaired) electrons. The van der Waals surface area contributed by atoms with Gasteiger partial charge in [0.1, 0.15) is 0 Å². The molecule has 0 aliphatic heterocycles. The van der Waals surface area contributed by atoms with Crippen LogP contribution < -0.4 is 0 Å². The number of phosphoric ester groups is 1. The molecule has 0 amide bonds. The Kier molecular flexibility index (Phi) is 19.8. The first kappa shape index (κ1) is 34.2. The highest BCUT2D eigenvalue weighted by Crippen LogP contribution is 2.52. The topological polar surface area (TPSA) is 72.5 Å². The largest absolute Gasteiger partial charge is 0.474 e. The van der Waals surface area contributed by atoms with E-state index in [4.69, 9.17) is 61.9 Å².